The average Bonchev–Trinajstić information content (AvgIpc) is 3.27. The van der Waals surface area contributed by atoms with E-state index in [4.69, 9.17) is 4.74 Å². The van der Waals surface area contributed by atoms with Crippen LogP contribution in [0.25, 0.3) is 11.1 Å². The van der Waals surface area contributed by atoms with Crippen molar-refractivity contribution in [3.05, 3.63) is 69.9 Å². The highest BCUT2D eigenvalue weighted by molar-refractivity contribution is 7.12. The second-order valence-corrected chi connectivity index (χ2v) is 7.11. The zero-order valence-electron chi connectivity index (χ0n) is 13.5. The molecule has 3 aromatic rings. The van der Waals surface area contributed by atoms with Crippen LogP contribution in [0.3, 0.4) is 0 Å². The van der Waals surface area contributed by atoms with Crippen LogP contribution in [0.1, 0.15) is 21.7 Å². The number of rotatable bonds is 5. The third kappa shape index (κ3) is 3.37. The molecule has 2 nitrogen and oxygen atoms in total. The molecular formula is C20H17F2NOS. The maximum absolute atomic E-state index is 13.4. The van der Waals surface area contributed by atoms with Gasteiger partial charge in [0.1, 0.15) is 12.4 Å². The lowest BCUT2D eigenvalue weighted by molar-refractivity contribution is 0.156. The number of fused-ring (bicyclic) bond motifs is 1. The topological polar surface area (TPSA) is 21.3 Å². The van der Waals surface area contributed by atoms with Crippen molar-refractivity contribution in [3.63, 3.8) is 0 Å². The Morgan fingerprint density at radius 1 is 1.08 bits per heavy atom. The van der Waals surface area contributed by atoms with Crippen LogP contribution in [-0.4, -0.2) is 6.54 Å². The molecule has 0 saturated carbocycles. The number of benzene rings is 2. The van der Waals surface area contributed by atoms with Crippen LogP contribution in [0.5, 0.6) is 5.75 Å². The number of alkyl halides is 2. The molecule has 0 spiro atoms. The first-order valence-corrected chi connectivity index (χ1v) is 8.98. The minimum absolute atomic E-state index is 0.1000. The third-order valence-corrected chi connectivity index (χ3v) is 5.38. The van der Waals surface area contributed by atoms with Gasteiger partial charge >= 0.3 is 0 Å². The molecular weight excluding hydrogens is 340 g/mol. The van der Waals surface area contributed by atoms with E-state index in [2.05, 4.69) is 5.32 Å². The summed E-state index contributed by atoms with van der Waals surface area (Å²) in [6, 6.07) is 17.1. The zero-order chi connectivity index (χ0) is 17.2. The van der Waals surface area contributed by atoms with Gasteiger partial charge in [-0.05, 0) is 41.8 Å². The Labute approximate surface area is 149 Å². The van der Waals surface area contributed by atoms with Crippen LogP contribution in [0, 0.1) is 0 Å². The normalized spacial score (nSPS) is 12.9. The highest BCUT2D eigenvalue weighted by Crippen LogP contribution is 2.38. The molecule has 1 aromatic heterocycles. The molecule has 0 atom stereocenters. The van der Waals surface area contributed by atoms with Gasteiger partial charge in [-0.3, -0.25) is 0 Å². The minimum Gasteiger partial charge on any atom is -0.488 e. The number of hydrogen-bond donors (Lipinski definition) is 1. The fourth-order valence-electron chi connectivity index (χ4n) is 3.06. The van der Waals surface area contributed by atoms with E-state index in [0.29, 0.717) is 12.2 Å². The lowest BCUT2D eigenvalue weighted by Crippen LogP contribution is -1.93. The van der Waals surface area contributed by atoms with Crippen molar-refractivity contribution < 1.29 is 13.5 Å². The molecule has 5 heteroatoms. The highest BCUT2D eigenvalue weighted by atomic mass is 32.1. The molecule has 2 aromatic carbocycles. The zero-order valence-corrected chi connectivity index (χ0v) is 14.3. The van der Waals surface area contributed by atoms with Gasteiger partial charge in [0, 0.05) is 22.7 Å². The van der Waals surface area contributed by atoms with Crippen molar-refractivity contribution in [2.45, 2.75) is 19.5 Å². The summed E-state index contributed by atoms with van der Waals surface area (Å²) in [6.45, 7) is 1.24. The monoisotopic (exact) mass is 357 g/mol. The average molecular weight is 357 g/mol. The second-order valence-electron chi connectivity index (χ2n) is 5.94. The number of nitrogens with one attached hydrogen (secondary N) is 1. The Balaban J connectivity index is 1.55. The predicted octanol–water partition coefficient (Wildman–Crippen LogP) is 5.90. The molecule has 0 fully saturated rings. The van der Waals surface area contributed by atoms with Gasteiger partial charge in [0.05, 0.1) is 4.88 Å². The minimum atomic E-state index is -2.49. The SMILES string of the molecule is FC(F)c1sc(COc2ccc3c(c2)CCN3)cc1-c1ccccc1. The Bertz CT molecular complexity index is 877. The number of halogens is 2. The highest BCUT2D eigenvalue weighted by Gasteiger charge is 2.19. The first kappa shape index (κ1) is 16.1. The molecule has 0 unspecified atom stereocenters. The van der Waals surface area contributed by atoms with Crippen LogP contribution < -0.4 is 10.1 Å². The largest absolute Gasteiger partial charge is 0.488 e. The second kappa shape index (κ2) is 6.84. The summed E-state index contributed by atoms with van der Waals surface area (Å²) in [5.41, 5.74) is 3.79. The molecule has 1 aliphatic rings. The Hall–Kier alpha value is -2.40. The molecule has 128 valence electrons. The van der Waals surface area contributed by atoms with Gasteiger partial charge in [0.2, 0.25) is 0 Å². The van der Waals surface area contributed by atoms with E-state index in [1.807, 2.05) is 54.6 Å². The molecule has 2 heterocycles. The van der Waals surface area contributed by atoms with Crippen molar-refractivity contribution >= 4 is 17.0 Å². The van der Waals surface area contributed by atoms with Gasteiger partial charge in [0.15, 0.2) is 0 Å². The van der Waals surface area contributed by atoms with E-state index in [9.17, 15) is 8.78 Å². The molecule has 25 heavy (non-hydrogen) atoms. The van der Waals surface area contributed by atoms with Crippen molar-refractivity contribution in [2.24, 2.45) is 0 Å². The first-order chi connectivity index (χ1) is 12.2. The fraction of sp³-hybridized carbons (Fsp3) is 0.200. The summed E-state index contributed by atoms with van der Waals surface area (Å²) in [4.78, 5) is 0.899. The van der Waals surface area contributed by atoms with Gasteiger partial charge in [-0.2, -0.15) is 0 Å². The maximum Gasteiger partial charge on any atom is 0.273 e. The quantitative estimate of drug-likeness (QED) is 0.614. The van der Waals surface area contributed by atoms with E-state index >= 15 is 0 Å². The van der Waals surface area contributed by atoms with Gasteiger partial charge in [-0.25, -0.2) is 8.78 Å². The number of thiophene rings is 1. The van der Waals surface area contributed by atoms with Crippen LogP contribution in [0.2, 0.25) is 0 Å². The smallest absolute Gasteiger partial charge is 0.273 e. The number of anilines is 1. The van der Waals surface area contributed by atoms with E-state index in [0.717, 1.165) is 46.2 Å². The Morgan fingerprint density at radius 2 is 1.92 bits per heavy atom. The standard InChI is InChI=1S/C20H17F2NOS/c21-20(22)19-17(13-4-2-1-3-5-13)11-16(25-19)12-24-15-6-7-18-14(10-15)8-9-23-18/h1-7,10-11,20,23H,8-9,12H2. The predicted molar refractivity (Wildman–Crippen MR) is 97.7 cm³/mol. The van der Waals surface area contributed by atoms with Crippen molar-refractivity contribution in [1.29, 1.82) is 0 Å². The van der Waals surface area contributed by atoms with Crippen LogP contribution in [0.15, 0.2) is 54.6 Å². The van der Waals surface area contributed by atoms with Crippen LogP contribution >= 0.6 is 11.3 Å². The van der Waals surface area contributed by atoms with E-state index in [1.54, 1.807) is 0 Å². The van der Waals surface area contributed by atoms with Crippen molar-refractivity contribution in [2.75, 3.05) is 11.9 Å². The molecule has 4 rings (SSSR count). The lowest BCUT2D eigenvalue weighted by atomic mass is 10.1. The molecule has 0 bridgehead atoms. The number of hydrogen-bond acceptors (Lipinski definition) is 3. The molecule has 0 amide bonds. The molecule has 1 aliphatic heterocycles. The molecule has 0 aliphatic carbocycles. The summed E-state index contributed by atoms with van der Waals surface area (Å²) in [5, 5.41) is 3.31. The molecule has 0 radical (unpaired) electrons. The molecule has 0 saturated heterocycles. The number of ether oxygens (including phenoxy) is 1. The maximum atomic E-state index is 13.4. The van der Waals surface area contributed by atoms with Gasteiger partial charge in [0.25, 0.3) is 6.43 Å². The third-order valence-electron chi connectivity index (χ3n) is 4.26. The summed E-state index contributed by atoms with van der Waals surface area (Å²) in [7, 11) is 0. The van der Waals surface area contributed by atoms with Gasteiger partial charge < -0.3 is 10.1 Å². The van der Waals surface area contributed by atoms with Gasteiger partial charge in [-0.1, -0.05) is 30.3 Å². The van der Waals surface area contributed by atoms with Crippen molar-refractivity contribution in [3.8, 4) is 16.9 Å². The van der Waals surface area contributed by atoms with Crippen molar-refractivity contribution in [1.82, 2.24) is 0 Å². The summed E-state index contributed by atoms with van der Waals surface area (Å²) in [5.74, 6) is 0.774. The van der Waals surface area contributed by atoms with E-state index in [1.165, 1.54) is 5.56 Å². The molecule has 1 N–H and O–H groups in total. The Kier molecular flexibility index (Phi) is 4.40. The van der Waals surface area contributed by atoms with Gasteiger partial charge in [-0.15, -0.1) is 11.3 Å². The fourth-order valence-corrected chi connectivity index (χ4v) is 4.01. The summed E-state index contributed by atoms with van der Waals surface area (Å²) in [6.07, 6.45) is -1.50. The first-order valence-electron chi connectivity index (χ1n) is 8.16. The van der Waals surface area contributed by atoms with E-state index in [-0.39, 0.29) is 4.88 Å². The van der Waals surface area contributed by atoms with Crippen LogP contribution in [0.4, 0.5) is 14.5 Å². The summed E-state index contributed by atoms with van der Waals surface area (Å²) >= 11 is 1.12. The van der Waals surface area contributed by atoms with E-state index < -0.39 is 6.43 Å². The lowest BCUT2D eigenvalue weighted by Gasteiger charge is -2.06. The summed E-state index contributed by atoms with van der Waals surface area (Å²) < 4.78 is 32.6. The van der Waals surface area contributed by atoms with Crippen LogP contribution in [-0.2, 0) is 13.0 Å². The Morgan fingerprint density at radius 3 is 2.72 bits per heavy atom.